The highest BCUT2D eigenvalue weighted by molar-refractivity contribution is 7.99. The first-order valence-corrected chi connectivity index (χ1v) is 7.64. The Morgan fingerprint density at radius 3 is 2.58 bits per heavy atom. The van der Waals surface area contributed by atoms with Gasteiger partial charge in [-0.3, -0.25) is 4.79 Å². The van der Waals surface area contributed by atoms with Crippen molar-refractivity contribution in [3.63, 3.8) is 0 Å². The van der Waals surface area contributed by atoms with Crippen LogP contribution < -0.4 is 16.6 Å². The van der Waals surface area contributed by atoms with E-state index < -0.39 is 0 Å². The largest absolute Gasteiger partial charge is 0.348 e. The molecule has 1 aromatic heterocycles. The lowest BCUT2D eigenvalue weighted by Crippen LogP contribution is -2.38. The molecule has 0 saturated heterocycles. The van der Waals surface area contributed by atoms with Crippen molar-refractivity contribution < 1.29 is 4.79 Å². The van der Waals surface area contributed by atoms with E-state index in [1.54, 1.807) is 0 Å². The number of hydrogen-bond donors (Lipinski definition) is 3. The summed E-state index contributed by atoms with van der Waals surface area (Å²) >= 11 is 1.91. The van der Waals surface area contributed by atoms with E-state index in [1.807, 2.05) is 11.8 Å². The number of carbonyl (C=O) groups excluding carboxylic acids is 1. The SMILES string of the molecule is CSC1CCC(NC(=O)c2cnc(NN)cn2)CC1. The predicted octanol–water partition coefficient (Wildman–Crippen LogP) is 1.17. The van der Waals surface area contributed by atoms with Crippen molar-refractivity contribution in [2.75, 3.05) is 11.7 Å². The minimum atomic E-state index is -0.163. The smallest absolute Gasteiger partial charge is 0.271 e. The molecular weight excluding hydrogens is 262 g/mol. The molecule has 1 aliphatic rings. The van der Waals surface area contributed by atoms with E-state index >= 15 is 0 Å². The minimum absolute atomic E-state index is 0.163. The third-order valence-electron chi connectivity index (χ3n) is 3.38. The molecule has 6 nitrogen and oxygen atoms in total. The predicted molar refractivity (Wildman–Crippen MR) is 76.9 cm³/mol. The van der Waals surface area contributed by atoms with Gasteiger partial charge in [0, 0.05) is 11.3 Å². The molecule has 1 aliphatic carbocycles. The van der Waals surface area contributed by atoms with Gasteiger partial charge in [0.1, 0.15) is 5.69 Å². The summed E-state index contributed by atoms with van der Waals surface area (Å²) in [6.45, 7) is 0. The summed E-state index contributed by atoms with van der Waals surface area (Å²) < 4.78 is 0. The monoisotopic (exact) mass is 281 g/mol. The number of amides is 1. The second-order valence-corrected chi connectivity index (χ2v) is 5.75. The van der Waals surface area contributed by atoms with Crippen molar-refractivity contribution in [2.45, 2.75) is 37.0 Å². The summed E-state index contributed by atoms with van der Waals surface area (Å²) in [5.74, 6) is 5.47. The number of aromatic nitrogens is 2. The van der Waals surface area contributed by atoms with Crippen LogP contribution in [-0.4, -0.2) is 33.4 Å². The van der Waals surface area contributed by atoms with Crippen LogP contribution in [0.5, 0.6) is 0 Å². The second-order valence-electron chi connectivity index (χ2n) is 4.61. The van der Waals surface area contributed by atoms with Gasteiger partial charge in [0.05, 0.1) is 12.4 Å². The first-order chi connectivity index (χ1) is 9.22. The number of hydrogen-bond acceptors (Lipinski definition) is 6. The molecule has 0 bridgehead atoms. The lowest BCUT2D eigenvalue weighted by atomic mass is 9.95. The molecule has 0 unspecified atom stereocenters. The van der Waals surface area contributed by atoms with Gasteiger partial charge in [0.25, 0.3) is 5.91 Å². The Bertz CT molecular complexity index is 417. The van der Waals surface area contributed by atoms with E-state index in [4.69, 9.17) is 5.84 Å². The average Bonchev–Trinajstić information content (AvgIpc) is 2.48. The van der Waals surface area contributed by atoms with Gasteiger partial charge >= 0.3 is 0 Å². The van der Waals surface area contributed by atoms with Crippen LogP contribution in [0.15, 0.2) is 12.4 Å². The average molecular weight is 281 g/mol. The van der Waals surface area contributed by atoms with E-state index in [0.29, 0.717) is 11.5 Å². The highest BCUT2D eigenvalue weighted by Gasteiger charge is 2.22. The number of rotatable bonds is 4. The number of hydrazine groups is 1. The number of nitrogens with two attached hydrogens (primary N) is 1. The molecule has 0 radical (unpaired) electrons. The van der Waals surface area contributed by atoms with Crippen LogP contribution in [0.4, 0.5) is 5.82 Å². The number of anilines is 1. The van der Waals surface area contributed by atoms with Crippen LogP contribution in [0.1, 0.15) is 36.2 Å². The fraction of sp³-hybridized carbons (Fsp3) is 0.583. The summed E-state index contributed by atoms with van der Waals surface area (Å²) in [4.78, 5) is 20.0. The summed E-state index contributed by atoms with van der Waals surface area (Å²) in [5.41, 5.74) is 2.70. The zero-order chi connectivity index (χ0) is 13.7. The summed E-state index contributed by atoms with van der Waals surface area (Å²) in [7, 11) is 0. The normalized spacial score (nSPS) is 22.8. The topological polar surface area (TPSA) is 92.9 Å². The molecule has 1 saturated carbocycles. The zero-order valence-electron chi connectivity index (χ0n) is 10.9. The Balaban J connectivity index is 1.87. The van der Waals surface area contributed by atoms with E-state index in [0.717, 1.165) is 30.9 Å². The van der Waals surface area contributed by atoms with Crippen molar-refractivity contribution in [1.29, 1.82) is 0 Å². The highest BCUT2D eigenvalue weighted by Crippen LogP contribution is 2.26. The Hall–Kier alpha value is -1.34. The fourth-order valence-electron chi connectivity index (χ4n) is 2.22. The van der Waals surface area contributed by atoms with Crippen LogP contribution >= 0.6 is 11.8 Å². The number of carbonyl (C=O) groups is 1. The first-order valence-electron chi connectivity index (χ1n) is 6.35. The van der Waals surface area contributed by atoms with Crippen molar-refractivity contribution in [3.05, 3.63) is 18.1 Å². The maximum atomic E-state index is 12.0. The van der Waals surface area contributed by atoms with Crippen LogP contribution in [0, 0.1) is 0 Å². The second kappa shape index (κ2) is 6.72. The maximum absolute atomic E-state index is 12.0. The van der Waals surface area contributed by atoms with E-state index in [9.17, 15) is 4.79 Å². The Labute approximate surface area is 116 Å². The van der Waals surface area contributed by atoms with Crippen molar-refractivity contribution in [1.82, 2.24) is 15.3 Å². The van der Waals surface area contributed by atoms with Crippen LogP contribution in [0.25, 0.3) is 0 Å². The first kappa shape index (κ1) is 14.1. The Morgan fingerprint density at radius 1 is 1.32 bits per heavy atom. The van der Waals surface area contributed by atoms with E-state index in [2.05, 4.69) is 27.0 Å². The van der Waals surface area contributed by atoms with Crippen molar-refractivity contribution >= 4 is 23.5 Å². The standard InChI is InChI=1S/C12H19N5OS/c1-19-9-4-2-8(3-5-9)16-12(18)10-6-15-11(17-13)7-14-10/h6-9H,2-5,13H2,1H3,(H,15,17)(H,16,18). The van der Waals surface area contributed by atoms with Gasteiger partial charge in [0.15, 0.2) is 5.82 Å². The molecule has 1 aromatic rings. The van der Waals surface area contributed by atoms with Crippen LogP contribution in [0.2, 0.25) is 0 Å². The summed E-state index contributed by atoms with van der Waals surface area (Å²) in [6, 6.07) is 0.255. The maximum Gasteiger partial charge on any atom is 0.271 e. The number of nitrogens with zero attached hydrogens (tertiary/aromatic N) is 2. The molecule has 104 valence electrons. The minimum Gasteiger partial charge on any atom is -0.348 e. The van der Waals surface area contributed by atoms with Gasteiger partial charge < -0.3 is 10.7 Å². The molecule has 2 rings (SSSR count). The summed E-state index contributed by atoms with van der Waals surface area (Å²) in [5, 5.41) is 3.75. The van der Waals surface area contributed by atoms with Gasteiger partial charge in [-0.25, -0.2) is 15.8 Å². The third-order valence-corrected chi connectivity index (χ3v) is 4.51. The molecule has 7 heteroatoms. The zero-order valence-corrected chi connectivity index (χ0v) is 11.7. The third kappa shape index (κ3) is 3.81. The van der Waals surface area contributed by atoms with Gasteiger partial charge in [-0.2, -0.15) is 11.8 Å². The van der Waals surface area contributed by atoms with Gasteiger partial charge in [-0.1, -0.05) is 0 Å². The Kier molecular flexibility index (Phi) is 4.98. The fourth-order valence-corrected chi connectivity index (χ4v) is 2.97. The Morgan fingerprint density at radius 2 is 2.05 bits per heavy atom. The molecule has 0 aliphatic heterocycles. The molecular formula is C12H19N5OS. The molecule has 0 spiro atoms. The van der Waals surface area contributed by atoms with E-state index in [-0.39, 0.29) is 11.9 Å². The molecule has 0 aromatic carbocycles. The van der Waals surface area contributed by atoms with Crippen molar-refractivity contribution in [2.24, 2.45) is 5.84 Å². The lowest BCUT2D eigenvalue weighted by molar-refractivity contribution is 0.0922. The van der Waals surface area contributed by atoms with Gasteiger partial charge in [-0.15, -0.1) is 0 Å². The van der Waals surface area contributed by atoms with Gasteiger partial charge in [0.2, 0.25) is 0 Å². The highest BCUT2D eigenvalue weighted by atomic mass is 32.2. The summed E-state index contributed by atoms with van der Waals surface area (Å²) in [6.07, 6.45) is 9.41. The van der Waals surface area contributed by atoms with Gasteiger partial charge in [-0.05, 0) is 31.9 Å². The quantitative estimate of drug-likeness (QED) is 0.566. The van der Waals surface area contributed by atoms with Crippen LogP contribution in [0.3, 0.4) is 0 Å². The molecule has 19 heavy (non-hydrogen) atoms. The lowest BCUT2D eigenvalue weighted by Gasteiger charge is -2.27. The molecule has 4 N–H and O–H groups in total. The number of thioether (sulfide) groups is 1. The van der Waals surface area contributed by atoms with Crippen LogP contribution in [-0.2, 0) is 0 Å². The number of nitrogens with one attached hydrogen (secondary N) is 2. The van der Waals surface area contributed by atoms with E-state index in [1.165, 1.54) is 12.4 Å². The molecule has 1 heterocycles. The molecule has 1 fully saturated rings. The number of nitrogen functional groups attached to an aromatic ring is 1. The molecule has 1 amide bonds. The van der Waals surface area contributed by atoms with Crippen molar-refractivity contribution in [3.8, 4) is 0 Å². The molecule has 0 atom stereocenters.